The summed E-state index contributed by atoms with van der Waals surface area (Å²) in [6.45, 7) is 2.29. The van der Waals surface area contributed by atoms with E-state index in [1.165, 1.54) is 0 Å². The standard InChI is InChI=1S/C16H16F2N2O/c1-2-10-5-3-4-6-11(10)9-20-16(21)12-7-15(19)14(18)8-13(12)17/h3-8H,2,9,19H2,1H3,(H,20,21). The molecule has 0 aromatic heterocycles. The van der Waals surface area contributed by atoms with Crippen molar-refractivity contribution < 1.29 is 13.6 Å². The summed E-state index contributed by atoms with van der Waals surface area (Å²) in [6, 6.07) is 9.28. The van der Waals surface area contributed by atoms with Crippen LogP contribution in [-0.4, -0.2) is 5.91 Å². The largest absolute Gasteiger partial charge is 0.396 e. The molecule has 2 aromatic rings. The van der Waals surface area contributed by atoms with E-state index in [0.29, 0.717) is 6.07 Å². The summed E-state index contributed by atoms with van der Waals surface area (Å²) < 4.78 is 26.7. The first-order chi connectivity index (χ1) is 10.0. The topological polar surface area (TPSA) is 55.1 Å². The number of carbonyl (C=O) groups excluding carboxylic acids is 1. The van der Waals surface area contributed by atoms with Gasteiger partial charge in [0.1, 0.15) is 11.6 Å². The number of rotatable bonds is 4. The Bertz CT molecular complexity index is 671. The van der Waals surface area contributed by atoms with Crippen molar-refractivity contribution >= 4 is 11.6 Å². The van der Waals surface area contributed by atoms with Crippen molar-refractivity contribution in [1.82, 2.24) is 5.32 Å². The number of carbonyl (C=O) groups is 1. The van der Waals surface area contributed by atoms with Crippen LogP contribution in [0.1, 0.15) is 28.4 Å². The van der Waals surface area contributed by atoms with Gasteiger partial charge < -0.3 is 11.1 Å². The summed E-state index contributed by atoms with van der Waals surface area (Å²) in [7, 11) is 0. The number of nitrogens with one attached hydrogen (secondary N) is 1. The second kappa shape index (κ2) is 6.35. The predicted molar refractivity (Wildman–Crippen MR) is 77.8 cm³/mol. The first kappa shape index (κ1) is 15.0. The van der Waals surface area contributed by atoms with Gasteiger partial charge in [-0.2, -0.15) is 0 Å². The Morgan fingerprint density at radius 3 is 2.48 bits per heavy atom. The summed E-state index contributed by atoms with van der Waals surface area (Å²) in [4.78, 5) is 12.0. The molecule has 0 aliphatic carbocycles. The molecule has 0 unspecified atom stereocenters. The molecular formula is C16H16F2N2O. The highest BCUT2D eigenvalue weighted by molar-refractivity contribution is 5.95. The van der Waals surface area contributed by atoms with Crippen molar-refractivity contribution in [3.63, 3.8) is 0 Å². The SMILES string of the molecule is CCc1ccccc1CNC(=O)c1cc(N)c(F)cc1F. The van der Waals surface area contributed by atoms with Crippen LogP contribution in [0, 0.1) is 11.6 Å². The molecule has 0 saturated heterocycles. The average molecular weight is 290 g/mol. The summed E-state index contributed by atoms with van der Waals surface area (Å²) in [5.74, 6) is -2.42. The second-order valence-corrected chi connectivity index (χ2v) is 4.66. The lowest BCUT2D eigenvalue weighted by Gasteiger charge is -2.10. The highest BCUT2D eigenvalue weighted by Gasteiger charge is 2.15. The van der Waals surface area contributed by atoms with Crippen molar-refractivity contribution in [3.8, 4) is 0 Å². The zero-order valence-electron chi connectivity index (χ0n) is 11.6. The van der Waals surface area contributed by atoms with E-state index in [1.54, 1.807) is 0 Å². The number of anilines is 1. The van der Waals surface area contributed by atoms with Gasteiger partial charge in [-0.05, 0) is 23.6 Å². The Morgan fingerprint density at radius 2 is 1.81 bits per heavy atom. The number of benzene rings is 2. The number of amides is 1. The van der Waals surface area contributed by atoms with Crippen LogP contribution in [-0.2, 0) is 13.0 Å². The van der Waals surface area contributed by atoms with Crippen LogP contribution in [0.5, 0.6) is 0 Å². The van der Waals surface area contributed by atoms with Gasteiger partial charge in [-0.25, -0.2) is 8.78 Å². The fourth-order valence-electron chi connectivity index (χ4n) is 2.09. The lowest BCUT2D eigenvalue weighted by atomic mass is 10.1. The molecule has 2 rings (SSSR count). The molecule has 0 radical (unpaired) electrons. The minimum absolute atomic E-state index is 0.254. The van der Waals surface area contributed by atoms with Crippen molar-refractivity contribution in [3.05, 3.63) is 64.7 Å². The van der Waals surface area contributed by atoms with Crippen LogP contribution in [0.4, 0.5) is 14.5 Å². The van der Waals surface area contributed by atoms with Crippen molar-refractivity contribution in [1.29, 1.82) is 0 Å². The quantitative estimate of drug-likeness (QED) is 0.850. The fourth-order valence-corrected chi connectivity index (χ4v) is 2.09. The first-order valence-electron chi connectivity index (χ1n) is 6.62. The van der Waals surface area contributed by atoms with Gasteiger partial charge in [0.2, 0.25) is 0 Å². The maximum absolute atomic E-state index is 13.6. The second-order valence-electron chi connectivity index (χ2n) is 4.66. The number of hydrogen-bond acceptors (Lipinski definition) is 2. The van der Waals surface area contributed by atoms with E-state index >= 15 is 0 Å². The minimum Gasteiger partial charge on any atom is -0.396 e. The third kappa shape index (κ3) is 3.37. The molecule has 0 heterocycles. The normalized spacial score (nSPS) is 10.4. The molecule has 0 aliphatic heterocycles. The van der Waals surface area contributed by atoms with Crippen LogP contribution in [0.25, 0.3) is 0 Å². The van der Waals surface area contributed by atoms with E-state index in [-0.39, 0.29) is 17.8 Å². The third-order valence-corrected chi connectivity index (χ3v) is 3.27. The number of nitrogens with two attached hydrogens (primary N) is 1. The monoisotopic (exact) mass is 290 g/mol. The van der Waals surface area contributed by atoms with E-state index in [4.69, 9.17) is 5.73 Å². The van der Waals surface area contributed by atoms with E-state index < -0.39 is 17.5 Å². The molecule has 1 amide bonds. The van der Waals surface area contributed by atoms with Crippen LogP contribution < -0.4 is 11.1 Å². The Balaban J connectivity index is 2.14. The summed E-state index contributed by atoms with van der Waals surface area (Å²) in [5.41, 5.74) is 6.91. The van der Waals surface area contributed by atoms with Gasteiger partial charge in [-0.3, -0.25) is 4.79 Å². The molecule has 5 heteroatoms. The Kier molecular flexibility index (Phi) is 4.52. The van der Waals surface area contributed by atoms with Gasteiger partial charge in [0.05, 0.1) is 11.3 Å². The van der Waals surface area contributed by atoms with Crippen molar-refractivity contribution in [2.24, 2.45) is 0 Å². The number of halogens is 2. The molecular weight excluding hydrogens is 274 g/mol. The Morgan fingerprint density at radius 1 is 1.14 bits per heavy atom. The maximum atomic E-state index is 13.6. The highest BCUT2D eigenvalue weighted by Crippen LogP contribution is 2.17. The van der Waals surface area contributed by atoms with E-state index in [9.17, 15) is 13.6 Å². The average Bonchev–Trinajstić information content (AvgIpc) is 2.48. The molecule has 0 spiro atoms. The zero-order valence-corrected chi connectivity index (χ0v) is 11.6. The van der Waals surface area contributed by atoms with Crippen LogP contribution >= 0.6 is 0 Å². The van der Waals surface area contributed by atoms with Gasteiger partial charge in [-0.15, -0.1) is 0 Å². The number of hydrogen-bond donors (Lipinski definition) is 2. The fraction of sp³-hybridized carbons (Fsp3) is 0.188. The van der Waals surface area contributed by atoms with E-state index in [1.807, 2.05) is 31.2 Å². The zero-order chi connectivity index (χ0) is 15.4. The van der Waals surface area contributed by atoms with E-state index in [2.05, 4.69) is 5.32 Å². The van der Waals surface area contributed by atoms with Gasteiger partial charge in [-0.1, -0.05) is 31.2 Å². The third-order valence-electron chi connectivity index (χ3n) is 3.27. The molecule has 2 aromatic carbocycles. The summed E-state index contributed by atoms with van der Waals surface area (Å²) in [6.07, 6.45) is 0.837. The maximum Gasteiger partial charge on any atom is 0.254 e. The summed E-state index contributed by atoms with van der Waals surface area (Å²) >= 11 is 0. The highest BCUT2D eigenvalue weighted by atomic mass is 19.1. The molecule has 0 aliphatic rings. The Hall–Kier alpha value is -2.43. The molecule has 3 nitrogen and oxygen atoms in total. The van der Waals surface area contributed by atoms with Crippen LogP contribution in [0.2, 0.25) is 0 Å². The summed E-state index contributed by atoms with van der Waals surface area (Å²) in [5, 5.41) is 2.62. The van der Waals surface area contributed by atoms with E-state index in [0.717, 1.165) is 23.6 Å². The first-order valence-corrected chi connectivity index (χ1v) is 6.62. The molecule has 21 heavy (non-hydrogen) atoms. The minimum atomic E-state index is -0.928. The molecule has 0 fully saturated rings. The lowest BCUT2D eigenvalue weighted by Crippen LogP contribution is -2.24. The number of aryl methyl sites for hydroxylation is 1. The van der Waals surface area contributed by atoms with Crippen LogP contribution in [0.15, 0.2) is 36.4 Å². The van der Waals surface area contributed by atoms with Gasteiger partial charge in [0.25, 0.3) is 5.91 Å². The molecule has 110 valence electrons. The van der Waals surface area contributed by atoms with Gasteiger partial charge in [0.15, 0.2) is 0 Å². The predicted octanol–water partition coefficient (Wildman–Crippen LogP) is 3.04. The molecule has 0 saturated carbocycles. The van der Waals surface area contributed by atoms with Gasteiger partial charge in [0, 0.05) is 12.6 Å². The van der Waals surface area contributed by atoms with Crippen molar-refractivity contribution in [2.75, 3.05) is 5.73 Å². The van der Waals surface area contributed by atoms with Crippen molar-refractivity contribution in [2.45, 2.75) is 19.9 Å². The van der Waals surface area contributed by atoms with Crippen LogP contribution in [0.3, 0.4) is 0 Å². The smallest absolute Gasteiger partial charge is 0.254 e. The Labute approximate surface area is 121 Å². The number of nitrogen functional groups attached to an aromatic ring is 1. The van der Waals surface area contributed by atoms with Gasteiger partial charge >= 0.3 is 0 Å². The molecule has 3 N–H and O–H groups in total. The molecule has 0 bridgehead atoms. The lowest BCUT2D eigenvalue weighted by molar-refractivity contribution is 0.0947. The molecule has 0 atom stereocenters.